The number of hydrogen-bond acceptors (Lipinski definition) is 1. The lowest BCUT2D eigenvalue weighted by Gasteiger charge is -2.34. The first-order chi connectivity index (χ1) is 9.19. The SMILES string of the molecule is CCCCc1ccc(C(NC)C2(C)CCCC2)cc1. The van der Waals surface area contributed by atoms with Crippen molar-refractivity contribution >= 4 is 0 Å². The molecule has 106 valence electrons. The lowest BCUT2D eigenvalue weighted by Crippen LogP contribution is -2.32. The highest BCUT2D eigenvalue weighted by atomic mass is 14.9. The van der Waals surface area contributed by atoms with E-state index in [2.05, 4.69) is 50.5 Å². The Balaban J connectivity index is 2.10. The van der Waals surface area contributed by atoms with Crippen LogP contribution in [0, 0.1) is 5.41 Å². The molecule has 0 radical (unpaired) electrons. The van der Waals surface area contributed by atoms with Crippen molar-refractivity contribution in [2.75, 3.05) is 7.05 Å². The number of rotatable bonds is 6. The van der Waals surface area contributed by atoms with E-state index in [1.165, 1.54) is 56.1 Å². The molecule has 1 aliphatic carbocycles. The van der Waals surface area contributed by atoms with Gasteiger partial charge in [-0.15, -0.1) is 0 Å². The molecule has 1 aromatic carbocycles. The molecule has 1 nitrogen and oxygen atoms in total. The molecular formula is C18H29N. The molecule has 0 aromatic heterocycles. The molecule has 0 aliphatic heterocycles. The summed E-state index contributed by atoms with van der Waals surface area (Å²) in [5.41, 5.74) is 3.39. The van der Waals surface area contributed by atoms with Gasteiger partial charge in [-0.3, -0.25) is 0 Å². The van der Waals surface area contributed by atoms with Crippen LogP contribution in [0.1, 0.15) is 69.5 Å². The standard InChI is InChI=1S/C18H29N/c1-4-5-8-15-9-11-16(12-10-15)17(19-3)18(2)13-6-7-14-18/h9-12,17,19H,4-8,13-14H2,1-3H3. The Morgan fingerprint density at radius 3 is 2.32 bits per heavy atom. The Bertz CT molecular complexity index is 373. The van der Waals surface area contributed by atoms with Crippen LogP contribution < -0.4 is 5.32 Å². The van der Waals surface area contributed by atoms with Crippen LogP contribution in [0.4, 0.5) is 0 Å². The van der Waals surface area contributed by atoms with E-state index < -0.39 is 0 Å². The fourth-order valence-corrected chi connectivity index (χ4v) is 3.65. The Hall–Kier alpha value is -0.820. The highest BCUT2D eigenvalue weighted by molar-refractivity contribution is 5.27. The van der Waals surface area contributed by atoms with Gasteiger partial charge in [0.05, 0.1) is 0 Å². The summed E-state index contributed by atoms with van der Waals surface area (Å²) in [6.07, 6.45) is 9.29. The van der Waals surface area contributed by atoms with Gasteiger partial charge >= 0.3 is 0 Å². The van der Waals surface area contributed by atoms with Gasteiger partial charge in [0.1, 0.15) is 0 Å². The summed E-state index contributed by atoms with van der Waals surface area (Å²) in [4.78, 5) is 0. The summed E-state index contributed by atoms with van der Waals surface area (Å²) in [7, 11) is 2.11. The van der Waals surface area contributed by atoms with Gasteiger partial charge < -0.3 is 5.32 Å². The maximum atomic E-state index is 3.56. The van der Waals surface area contributed by atoms with Crippen molar-refractivity contribution in [1.29, 1.82) is 0 Å². The number of benzene rings is 1. The number of aryl methyl sites for hydroxylation is 1. The lowest BCUT2D eigenvalue weighted by molar-refractivity contribution is 0.234. The molecule has 1 unspecified atom stereocenters. The predicted octanol–water partition coefficient (Wildman–Crippen LogP) is 4.87. The van der Waals surface area contributed by atoms with E-state index in [9.17, 15) is 0 Å². The molecule has 1 atom stereocenters. The zero-order chi connectivity index (χ0) is 13.7. The molecular weight excluding hydrogens is 230 g/mol. The maximum absolute atomic E-state index is 3.56. The maximum Gasteiger partial charge on any atom is 0.0372 e. The van der Waals surface area contributed by atoms with Crippen molar-refractivity contribution < 1.29 is 0 Å². The van der Waals surface area contributed by atoms with E-state index in [0.717, 1.165) is 0 Å². The van der Waals surface area contributed by atoms with E-state index in [1.807, 2.05) is 0 Å². The van der Waals surface area contributed by atoms with Gasteiger partial charge in [0, 0.05) is 6.04 Å². The third kappa shape index (κ3) is 3.39. The van der Waals surface area contributed by atoms with Gasteiger partial charge in [-0.25, -0.2) is 0 Å². The Morgan fingerprint density at radius 2 is 1.79 bits per heavy atom. The minimum Gasteiger partial charge on any atom is -0.313 e. The van der Waals surface area contributed by atoms with Crippen LogP contribution >= 0.6 is 0 Å². The van der Waals surface area contributed by atoms with Gasteiger partial charge in [-0.2, -0.15) is 0 Å². The molecule has 1 saturated carbocycles. The van der Waals surface area contributed by atoms with Gasteiger partial charge in [0.15, 0.2) is 0 Å². The number of nitrogens with one attached hydrogen (secondary N) is 1. The molecule has 0 spiro atoms. The van der Waals surface area contributed by atoms with Crippen molar-refractivity contribution in [3.63, 3.8) is 0 Å². The molecule has 0 heterocycles. The molecule has 2 rings (SSSR count). The summed E-state index contributed by atoms with van der Waals surface area (Å²) in [6, 6.07) is 9.85. The molecule has 19 heavy (non-hydrogen) atoms. The van der Waals surface area contributed by atoms with E-state index in [4.69, 9.17) is 0 Å². The fraction of sp³-hybridized carbons (Fsp3) is 0.667. The van der Waals surface area contributed by atoms with Crippen molar-refractivity contribution in [2.45, 2.75) is 64.8 Å². The third-order valence-electron chi connectivity index (χ3n) is 4.86. The predicted molar refractivity (Wildman–Crippen MR) is 83.4 cm³/mol. The van der Waals surface area contributed by atoms with Crippen molar-refractivity contribution in [2.24, 2.45) is 5.41 Å². The largest absolute Gasteiger partial charge is 0.313 e. The van der Waals surface area contributed by atoms with Crippen LogP contribution in [0.2, 0.25) is 0 Å². The minimum atomic E-state index is 0.444. The topological polar surface area (TPSA) is 12.0 Å². The van der Waals surface area contributed by atoms with Crippen molar-refractivity contribution in [3.8, 4) is 0 Å². The van der Waals surface area contributed by atoms with Gasteiger partial charge in [-0.1, -0.05) is 57.4 Å². The average Bonchev–Trinajstić information content (AvgIpc) is 2.86. The highest BCUT2D eigenvalue weighted by Crippen LogP contribution is 2.46. The van der Waals surface area contributed by atoms with E-state index >= 15 is 0 Å². The molecule has 0 bridgehead atoms. The van der Waals surface area contributed by atoms with Crippen LogP contribution in [0.3, 0.4) is 0 Å². The fourth-order valence-electron chi connectivity index (χ4n) is 3.65. The quantitative estimate of drug-likeness (QED) is 0.768. The molecule has 1 aliphatic rings. The Kier molecular flexibility index (Phi) is 5.04. The van der Waals surface area contributed by atoms with Crippen LogP contribution in [-0.2, 0) is 6.42 Å². The van der Waals surface area contributed by atoms with E-state index in [-0.39, 0.29) is 0 Å². The highest BCUT2D eigenvalue weighted by Gasteiger charge is 2.36. The minimum absolute atomic E-state index is 0.444. The molecule has 0 amide bonds. The van der Waals surface area contributed by atoms with Crippen molar-refractivity contribution in [3.05, 3.63) is 35.4 Å². The van der Waals surface area contributed by atoms with Crippen LogP contribution in [-0.4, -0.2) is 7.05 Å². The van der Waals surface area contributed by atoms with Gasteiger partial charge in [0.2, 0.25) is 0 Å². The van der Waals surface area contributed by atoms with Crippen molar-refractivity contribution in [1.82, 2.24) is 5.32 Å². The molecule has 1 N–H and O–H groups in total. The zero-order valence-electron chi connectivity index (χ0n) is 12.8. The number of unbranched alkanes of at least 4 members (excludes halogenated alkanes) is 1. The molecule has 0 saturated heterocycles. The molecule has 1 heteroatoms. The second kappa shape index (κ2) is 6.56. The Labute approximate surface area is 118 Å². The summed E-state index contributed by atoms with van der Waals surface area (Å²) >= 11 is 0. The normalized spacial score (nSPS) is 19.5. The third-order valence-corrected chi connectivity index (χ3v) is 4.86. The van der Waals surface area contributed by atoms with Crippen LogP contribution in [0.15, 0.2) is 24.3 Å². The number of hydrogen-bond donors (Lipinski definition) is 1. The lowest BCUT2D eigenvalue weighted by atomic mass is 9.77. The van der Waals surface area contributed by atoms with Gasteiger partial charge in [0.25, 0.3) is 0 Å². The van der Waals surface area contributed by atoms with E-state index in [1.54, 1.807) is 0 Å². The van der Waals surface area contributed by atoms with Crippen LogP contribution in [0.5, 0.6) is 0 Å². The zero-order valence-corrected chi connectivity index (χ0v) is 12.8. The van der Waals surface area contributed by atoms with Crippen LogP contribution in [0.25, 0.3) is 0 Å². The first-order valence-electron chi connectivity index (χ1n) is 7.96. The second-order valence-corrected chi connectivity index (χ2v) is 6.43. The first kappa shape index (κ1) is 14.6. The monoisotopic (exact) mass is 259 g/mol. The van der Waals surface area contributed by atoms with E-state index in [0.29, 0.717) is 11.5 Å². The second-order valence-electron chi connectivity index (χ2n) is 6.43. The Morgan fingerprint density at radius 1 is 1.16 bits per heavy atom. The smallest absolute Gasteiger partial charge is 0.0372 e. The summed E-state index contributed by atoms with van der Waals surface area (Å²) < 4.78 is 0. The molecule has 1 fully saturated rings. The summed E-state index contributed by atoms with van der Waals surface area (Å²) in [6.45, 7) is 4.71. The summed E-state index contributed by atoms with van der Waals surface area (Å²) in [5.74, 6) is 0. The first-order valence-corrected chi connectivity index (χ1v) is 7.96. The molecule has 1 aromatic rings. The average molecular weight is 259 g/mol. The van der Waals surface area contributed by atoms with Gasteiger partial charge in [-0.05, 0) is 49.3 Å². The summed E-state index contributed by atoms with van der Waals surface area (Å²) in [5, 5.41) is 3.56.